The molecule has 2 rings (SSSR count). The van der Waals surface area contributed by atoms with E-state index in [1.807, 2.05) is 5.32 Å². The first-order valence-electron chi connectivity index (χ1n) is 10.8. The summed E-state index contributed by atoms with van der Waals surface area (Å²) in [5.74, 6) is -2.63. The van der Waals surface area contributed by atoms with Crippen LogP contribution in [0, 0.1) is 0 Å². The smallest absolute Gasteiger partial charge is 0.405 e. The lowest BCUT2D eigenvalue weighted by Crippen LogP contribution is -2.67. The van der Waals surface area contributed by atoms with Crippen molar-refractivity contribution in [1.29, 1.82) is 0 Å². The molecule has 2 fully saturated rings. The lowest BCUT2D eigenvalue weighted by atomic mass is 9.90. The molecule has 10 N–H and O–H groups in total. The number of hydrogen-bond donors (Lipinski definition) is 10. The highest BCUT2D eigenvalue weighted by atomic mass is 32.2. The van der Waals surface area contributed by atoms with Gasteiger partial charge in [0.25, 0.3) is 0 Å². The van der Waals surface area contributed by atoms with E-state index in [1.165, 1.54) is 0 Å². The van der Waals surface area contributed by atoms with Gasteiger partial charge in [-0.1, -0.05) is 0 Å². The maximum Gasteiger partial charge on any atom is 0.405 e. The summed E-state index contributed by atoms with van der Waals surface area (Å²) in [5, 5.41) is 84.3. The number of aliphatic carboxylic acids is 1. The van der Waals surface area contributed by atoms with Crippen molar-refractivity contribution in [2.45, 2.75) is 79.4 Å². The fourth-order valence-corrected chi connectivity index (χ4v) is 5.36. The van der Waals surface area contributed by atoms with Crippen molar-refractivity contribution in [1.82, 2.24) is 10.6 Å². The summed E-state index contributed by atoms with van der Waals surface area (Å²) >= 11 is 0.520. The van der Waals surface area contributed by atoms with Crippen molar-refractivity contribution >= 4 is 29.7 Å². The molecule has 0 saturated carbocycles. The maximum absolute atomic E-state index is 12.3. The van der Waals surface area contributed by atoms with Gasteiger partial charge < -0.3 is 65.7 Å². The molecule has 0 aromatic rings. The average molecular weight is 545 g/mol. The van der Waals surface area contributed by atoms with Gasteiger partial charge in [0, 0.05) is 26.2 Å². The van der Waals surface area contributed by atoms with Crippen LogP contribution in [0.2, 0.25) is 0 Å². The zero-order valence-corrected chi connectivity index (χ0v) is 20.1. The second-order valence-corrected chi connectivity index (χ2v) is 9.71. The summed E-state index contributed by atoms with van der Waals surface area (Å²) in [7, 11) is 1.16. The van der Waals surface area contributed by atoms with Crippen molar-refractivity contribution < 1.29 is 69.4 Å². The summed E-state index contributed by atoms with van der Waals surface area (Å²) in [5.41, 5.74) is 0. The van der Waals surface area contributed by atoms with E-state index in [9.17, 15) is 50.1 Å². The topological polar surface area (TPSA) is 265 Å². The molecule has 208 valence electrons. The van der Waals surface area contributed by atoms with Crippen LogP contribution in [0.4, 0.5) is 4.79 Å². The average Bonchev–Trinajstić information content (AvgIpc) is 2.81. The Morgan fingerprint density at radius 3 is 2.25 bits per heavy atom. The van der Waals surface area contributed by atoms with Gasteiger partial charge in [0.1, 0.15) is 36.6 Å². The number of amides is 2. The summed E-state index contributed by atoms with van der Waals surface area (Å²) in [4.78, 5) is 32.6. The standard InChI is InChI=1S/C19H32N2O14S/c1-6(23)20-10-7(24)3-19(17(29)30,35-15(10)12(26)8(25)4-22)36-5-9-13(27)14(28)11(21-18(31)32)16(33-2)34-9/h7-16,21-22,24-28H,3-5H2,1-2H3,(H,20,23)(H,29,30)(H,31,32). The lowest BCUT2D eigenvalue weighted by molar-refractivity contribution is -0.250. The molecule has 36 heavy (non-hydrogen) atoms. The van der Waals surface area contributed by atoms with Gasteiger partial charge in [-0.15, -0.1) is 11.8 Å². The molecule has 0 spiro atoms. The van der Waals surface area contributed by atoms with Crippen LogP contribution in [0.15, 0.2) is 0 Å². The molecule has 2 amide bonds. The number of aliphatic hydroxyl groups excluding tert-OH is 6. The van der Waals surface area contributed by atoms with Crippen LogP contribution in [0.5, 0.6) is 0 Å². The van der Waals surface area contributed by atoms with Gasteiger partial charge in [0.05, 0.1) is 24.9 Å². The van der Waals surface area contributed by atoms with Crippen LogP contribution in [-0.4, -0.2) is 144 Å². The quantitative estimate of drug-likeness (QED) is 0.124. The third kappa shape index (κ3) is 6.74. The van der Waals surface area contributed by atoms with Crippen LogP contribution in [0.25, 0.3) is 0 Å². The summed E-state index contributed by atoms with van der Waals surface area (Å²) in [6.45, 7) is 0.180. The van der Waals surface area contributed by atoms with Crippen molar-refractivity contribution in [3.63, 3.8) is 0 Å². The molecule has 16 nitrogen and oxygen atoms in total. The monoisotopic (exact) mass is 544 g/mol. The second-order valence-electron chi connectivity index (χ2n) is 8.42. The molecule has 0 bridgehead atoms. The SMILES string of the molecule is COC1OC(CSC2(C(=O)O)CC(O)C(NC(C)=O)C(C(O)C(O)CO)O2)C(O)C(O)C1NC(=O)O. The van der Waals surface area contributed by atoms with Gasteiger partial charge in [0.15, 0.2) is 6.29 Å². The largest absolute Gasteiger partial charge is 0.478 e. The molecule has 11 unspecified atom stereocenters. The van der Waals surface area contributed by atoms with Gasteiger partial charge in [-0.3, -0.25) is 4.79 Å². The summed E-state index contributed by atoms with van der Waals surface area (Å²) in [6, 6.07) is -2.70. The zero-order valence-electron chi connectivity index (χ0n) is 19.3. The Labute approximate surface area is 209 Å². The molecule has 0 aromatic heterocycles. The number of thioether (sulfide) groups is 1. The Kier molecular flexibility index (Phi) is 10.7. The van der Waals surface area contributed by atoms with Gasteiger partial charge in [0.2, 0.25) is 10.8 Å². The van der Waals surface area contributed by atoms with Crippen molar-refractivity contribution in [2.24, 2.45) is 0 Å². The first kappa shape index (κ1) is 30.4. The number of carbonyl (C=O) groups excluding carboxylic acids is 1. The van der Waals surface area contributed by atoms with Gasteiger partial charge in [-0.05, 0) is 0 Å². The number of methoxy groups -OCH3 is 1. The third-order valence-corrected chi connectivity index (χ3v) is 7.29. The predicted molar refractivity (Wildman–Crippen MR) is 118 cm³/mol. The van der Waals surface area contributed by atoms with E-state index in [-0.39, 0.29) is 5.75 Å². The Balaban J connectivity index is 2.28. The second kappa shape index (κ2) is 12.6. The first-order chi connectivity index (χ1) is 16.8. The number of rotatable bonds is 10. The number of nitrogens with one attached hydrogen (secondary N) is 2. The molecule has 2 aliphatic rings. The Bertz CT molecular complexity index is 789. The van der Waals surface area contributed by atoms with Gasteiger partial charge in [-0.25, -0.2) is 9.59 Å². The summed E-state index contributed by atoms with van der Waals surface area (Å²) in [6.07, 6.45) is -15.1. The minimum absolute atomic E-state index is 0.382. The normalized spacial score (nSPS) is 38.6. The first-order valence-corrected chi connectivity index (χ1v) is 11.8. The number of carboxylic acid groups (broad SMARTS) is 2. The fraction of sp³-hybridized carbons (Fsp3) is 0.842. The minimum Gasteiger partial charge on any atom is -0.478 e. The molecule has 0 aliphatic carbocycles. The van der Waals surface area contributed by atoms with Gasteiger partial charge >= 0.3 is 12.1 Å². The van der Waals surface area contributed by atoms with Crippen LogP contribution >= 0.6 is 11.8 Å². The van der Waals surface area contributed by atoms with E-state index in [0.29, 0.717) is 11.8 Å². The van der Waals surface area contributed by atoms with Crippen LogP contribution in [0.1, 0.15) is 13.3 Å². The molecule has 2 heterocycles. The number of hydrogen-bond acceptors (Lipinski definition) is 13. The number of carboxylic acids is 1. The highest BCUT2D eigenvalue weighted by molar-refractivity contribution is 8.01. The fourth-order valence-electron chi connectivity index (χ4n) is 4.06. The van der Waals surface area contributed by atoms with E-state index in [4.69, 9.17) is 19.3 Å². The highest BCUT2D eigenvalue weighted by Crippen LogP contribution is 2.41. The van der Waals surface area contributed by atoms with Crippen molar-refractivity contribution in [3.05, 3.63) is 0 Å². The van der Waals surface area contributed by atoms with Crippen LogP contribution in [0.3, 0.4) is 0 Å². The number of ether oxygens (including phenoxy) is 3. The third-order valence-electron chi connectivity index (χ3n) is 5.89. The van der Waals surface area contributed by atoms with Crippen molar-refractivity contribution in [2.75, 3.05) is 19.5 Å². The van der Waals surface area contributed by atoms with Crippen molar-refractivity contribution in [3.8, 4) is 0 Å². The van der Waals surface area contributed by atoms with Gasteiger partial charge in [-0.2, -0.15) is 0 Å². The summed E-state index contributed by atoms with van der Waals surface area (Å²) < 4.78 is 16.2. The Morgan fingerprint density at radius 1 is 1.11 bits per heavy atom. The molecule has 0 aromatic carbocycles. The number of aliphatic hydroxyl groups is 6. The molecule has 2 saturated heterocycles. The van der Waals surface area contributed by atoms with Crippen LogP contribution in [-0.2, 0) is 23.8 Å². The highest BCUT2D eigenvalue weighted by Gasteiger charge is 2.56. The van der Waals surface area contributed by atoms with E-state index < -0.39 is 97.0 Å². The number of carbonyl (C=O) groups is 3. The molecular weight excluding hydrogens is 512 g/mol. The van der Waals surface area contributed by atoms with Crippen LogP contribution < -0.4 is 10.6 Å². The van der Waals surface area contributed by atoms with E-state index >= 15 is 0 Å². The molecule has 0 radical (unpaired) electrons. The predicted octanol–water partition coefficient (Wildman–Crippen LogP) is -4.40. The van der Waals surface area contributed by atoms with E-state index in [1.54, 1.807) is 0 Å². The van der Waals surface area contributed by atoms with E-state index in [0.717, 1.165) is 14.0 Å². The molecule has 17 heteroatoms. The molecule has 11 atom stereocenters. The lowest BCUT2D eigenvalue weighted by Gasteiger charge is -2.47. The Hall–Kier alpha value is -1.80. The zero-order chi connectivity index (χ0) is 27.4. The molecular formula is C19H32N2O14S. The maximum atomic E-state index is 12.3. The minimum atomic E-state index is -2.29. The Morgan fingerprint density at radius 2 is 1.75 bits per heavy atom. The molecule has 2 aliphatic heterocycles. The van der Waals surface area contributed by atoms with E-state index in [2.05, 4.69) is 5.32 Å².